The second kappa shape index (κ2) is 4.17. The summed E-state index contributed by atoms with van der Waals surface area (Å²) in [5, 5.41) is 0. The van der Waals surface area contributed by atoms with Crippen LogP contribution in [0, 0.1) is 0 Å². The lowest BCUT2D eigenvalue weighted by molar-refractivity contribution is 1.66. The Kier molecular flexibility index (Phi) is 4.31. The molecule has 0 spiro atoms. The van der Waals surface area contributed by atoms with Crippen molar-refractivity contribution in [2.75, 3.05) is 6.16 Å². The van der Waals surface area contributed by atoms with Gasteiger partial charge in [0.15, 0.2) is 0 Å². The molecule has 0 amide bonds. The fraction of sp³-hybridized carbons (Fsp3) is 0.500. The van der Waals surface area contributed by atoms with Crippen LogP contribution in [0.3, 0.4) is 0 Å². The van der Waals surface area contributed by atoms with Crippen molar-refractivity contribution in [3.8, 4) is 0 Å². The SMILES string of the molecule is CC=CC[PH]. The van der Waals surface area contributed by atoms with Gasteiger partial charge < -0.3 is 0 Å². The Morgan fingerprint density at radius 2 is 2.40 bits per heavy atom. The number of rotatable bonds is 1. The Morgan fingerprint density at radius 3 is 2.40 bits per heavy atom. The molecule has 0 aliphatic rings. The molecule has 0 aliphatic heterocycles. The van der Waals surface area contributed by atoms with E-state index in [4.69, 9.17) is 0 Å². The van der Waals surface area contributed by atoms with Crippen LogP contribution in [0.1, 0.15) is 6.92 Å². The van der Waals surface area contributed by atoms with E-state index in [-0.39, 0.29) is 0 Å². The number of hydrogen-bond donors (Lipinski definition) is 0. The van der Waals surface area contributed by atoms with Gasteiger partial charge in [0.2, 0.25) is 0 Å². The van der Waals surface area contributed by atoms with Gasteiger partial charge in [0.05, 0.1) is 0 Å². The predicted octanol–water partition coefficient (Wildman–Crippen LogP) is 1.71. The Bertz CT molecular complexity index is 30.6. The lowest BCUT2D eigenvalue weighted by Gasteiger charge is -1.64. The van der Waals surface area contributed by atoms with Crippen LogP contribution in [0.2, 0.25) is 0 Å². The molecule has 0 rings (SSSR count). The molecule has 0 saturated carbocycles. The summed E-state index contributed by atoms with van der Waals surface area (Å²) in [6.45, 7) is 2.00. The van der Waals surface area contributed by atoms with Crippen molar-refractivity contribution in [3.05, 3.63) is 12.2 Å². The second-order valence-corrected chi connectivity index (χ2v) is 1.18. The molecule has 29 valence electrons. The minimum absolute atomic E-state index is 0.969. The molecule has 0 heterocycles. The largest absolute Gasteiger partial charge is 0.0951 e. The van der Waals surface area contributed by atoms with Gasteiger partial charge in [-0.2, -0.15) is 0 Å². The van der Waals surface area contributed by atoms with E-state index in [1.54, 1.807) is 0 Å². The summed E-state index contributed by atoms with van der Waals surface area (Å²) < 4.78 is 0. The van der Waals surface area contributed by atoms with E-state index < -0.39 is 0 Å². The van der Waals surface area contributed by atoms with Gasteiger partial charge in [-0.15, -0.1) is 0 Å². The zero-order valence-corrected chi connectivity index (χ0v) is 4.36. The molecule has 5 heavy (non-hydrogen) atoms. The normalized spacial score (nSPS) is 10.0. The van der Waals surface area contributed by atoms with E-state index in [2.05, 4.69) is 9.24 Å². The maximum absolute atomic E-state index is 3.26. The average Bonchev–Trinajstić information content (AvgIpc) is 1.41. The van der Waals surface area contributed by atoms with Crippen LogP contribution in [0.4, 0.5) is 0 Å². The minimum atomic E-state index is 0.969. The lowest BCUT2D eigenvalue weighted by atomic mass is 10.6. The van der Waals surface area contributed by atoms with E-state index in [9.17, 15) is 0 Å². The smallest absolute Gasteiger partial charge is 0.0136 e. The summed E-state index contributed by atoms with van der Waals surface area (Å²) in [4.78, 5) is 0. The molecule has 0 aromatic heterocycles. The van der Waals surface area contributed by atoms with Crippen molar-refractivity contribution in [1.82, 2.24) is 0 Å². The third-order valence-corrected chi connectivity index (χ3v) is 0.589. The van der Waals surface area contributed by atoms with Crippen LogP contribution in [-0.4, -0.2) is 6.16 Å². The first-order valence-electron chi connectivity index (χ1n) is 1.67. The van der Waals surface area contributed by atoms with Crippen LogP contribution < -0.4 is 0 Å². The topological polar surface area (TPSA) is 0 Å². The Morgan fingerprint density at radius 1 is 1.80 bits per heavy atom. The molecule has 0 bridgehead atoms. The van der Waals surface area contributed by atoms with Gasteiger partial charge in [0, 0.05) is 0 Å². The van der Waals surface area contributed by atoms with Crippen molar-refractivity contribution in [2.45, 2.75) is 6.92 Å². The monoisotopic (exact) mass is 87.0 g/mol. The third kappa shape index (κ3) is 4.17. The molecule has 0 fully saturated rings. The Balaban J connectivity index is 2.62. The third-order valence-electron chi connectivity index (χ3n) is 0.354. The van der Waals surface area contributed by atoms with Gasteiger partial charge in [0.1, 0.15) is 0 Å². The van der Waals surface area contributed by atoms with Crippen molar-refractivity contribution in [1.29, 1.82) is 0 Å². The molecular weight excluding hydrogens is 79.0 g/mol. The van der Waals surface area contributed by atoms with E-state index in [1.807, 2.05) is 19.1 Å². The highest BCUT2D eigenvalue weighted by Crippen LogP contribution is 1.78. The lowest BCUT2D eigenvalue weighted by Crippen LogP contribution is -1.49. The van der Waals surface area contributed by atoms with Crippen molar-refractivity contribution >= 4 is 9.24 Å². The Hall–Kier alpha value is 0.170. The molecule has 0 saturated heterocycles. The molecule has 0 unspecified atom stereocenters. The molecule has 0 atom stereocenters. The summed E-state index contributed by atoms with van der Waals surface area (Å²) >= 11 is 0. The Labute approximate surface area is 35.5 Å². The number of hydrogen-bond acceptors (Lipinski definition) is 0. The fourth-order valence-electron chi connectivity index (χ4n) is 0.118. The molecule has 0 N–H and O–H groups in total. The highest BCUT2D eigenvalue weighted by Gasteiger charge is 1.52. The zero-order valence-electron chi connectivity index (χ0n) is 3.36. The van der Waals surface area contributed by atoms with Crippen LogP contribution in [-0.2, 0) is 0 Å². The van der Waals surface area contributed by atoms with E-state index in [0.29, 0.717) is 0 Å². The zero-order chi connectivity index (χ0) is 4.12. The fourth-order valence-corrected chi connectivity index (χ4v) is 0.354. The van der Waals surface area contributed by atoms with Crippen LogP contribution in [0.15, 0.2) is 12.2 Å². The number of allylic oxidation sites excluding steroid dienone is 2. The summed E-state index contributed by atoms with van der Waals surface area (Å²) in [7, 11) is 3.26. The van der Waals surface area contributed by atoms with Crippen LogP contribution in [0.25, 0.3) is 0 Å². The first-order valence-corrected chi connectivity index (χ1v) is 2.38. The van der Waals surface area contributed by atoms with Crippen LogP contribution in [0.5, 0.6) is 0 Å². The minimum Gasteiger partial charge on any atom is -0.0951 e. The molecule has 1 heteroatoms. The summed E-state index contributed by atoms with van der Waals surface area (Å²) in [6, 6.07) is 0. The van der Waals surface area contributed by atoms with Gasteiger partial charge >= 0.3 is 0 Å². The molecule has 0 aromatic rings. The van der Waals surface area contributed by atoms with Gasteiger partial charge in [0.25, 0.3) is 0 Å². The highest BCUT2D eigenvalue weighted by atomic mass is 31.0. The summed E-state index contributed by atoms with van der Waals surface area (Å²) in [5.41, 5.74) is 0. The van der Waals surface area contributed by atoms with Crippen molar-refractivity contribution in [2.24, 2.45) is 0 Å². The molecular formula is C4H8P. The van der Waals surface area contributed by atoms with E-state index >= 15 is 0 Å². The van der Waals surface area contributed by atoms with Gasteiger partial charge in [-0.3, -0.25) is 0 Å². The van der Waals surface area contributed by atoms with Crippen LogP contribution >= 0.6 is 9.24 Å². The predicted molar refractivity (Wildman–Crippen MR) is 28.0 cm³/mol. The van der Waals surface area contributed by atoms with Gasteiger partial charge in [-0.05, 0) is 13.1 Å². The van der Waals surface area contributed by atoms with Crippen molar-refractivity contribution in [3.63, 3.8) is 0 Å². The van der Waals surface area contributed by atoms with Gasteiger partial charge in [-0.25, -0.2) is 0 Å². The summed E-state index contributed by atoms with van der Waals surface area (Å²) in [5.74, 6) is 0. The standard InChI is InChI=1S/C4H8P/c1-2-3-4-5/h2-3,5H,4H2,1H3. The van der Waals surface area contributed by atoms with E-state index in [1.165, 1.54) is 0 Å². The summed E-state index contributed by atoms with van der Waals surface area (Å²) in [6.07, 6.45) is 5.01. The maximum Gasteiger partial charge on any atom is -0.0136 e. The van der Waals surface area contributed by atoms with Gasteiger partial charge in [-0.1, -0.05) is 21.4 Å². The first-order chi connectivity index (χ1) is 2.41. The first kappa shape index (κ1) is 5.17. The highest BCUT2D eigenvalue weighted by molar-refractivity contribution is 7.16. The molecule has 1 radical (unpaired) electrons. The second-order valence-electron chi connectivity index (χ2n) is 0.773. The quantitative estimate of drug-likeness (QED) is 0.337. The molecule has 0 aliphatic carbocycles. The molecule has 0 nitrogen and oxygen atoms in total. The average molecular weight is 87.1 g/mol. The van der Waals surface area contributed by atoms with Crippen molar-refractivity contribution < 1.29 is 0 Å². The van der Waals surface area contributed by atoms with E-state index in [0.717, 1.165) is 6.16 Å². The maximum atomic E-state index is 3.26. The molecule has 0 aromatic carbocycles.